The summed E-state index contributed by atoms with van der Waals surface area (Å²) in [5.74, 6) is -3.32. The summed E-state index contributed by atoms with van der Waals surface area (Å²) in [5.41, 5.74) is 0. The molecule has 0 bridgehead atoms. The first kappa shape index (κ1) is 13.1. The normalized spacial score (nSPS) is 20.2. The Balaban J connectivity index is 2.18. The number of nitrogens with zero attached hydrogens (tertiary/aromatic N) is 2. The van der Waals surface area contributed by atoms with Crippen LogP contribution in [-0.2, 0) is 0 Å². The Bertz CT molecular complexity index is 426. The summed E-state index contributed by atoms with van der Waals surface area (Å²) >= 11 is 0. The van der Waals surface area contributed by atoms with Crippen molar-refractivity contribution in [3.05, 3.63) is 23.6 Å². The first-order valence-corrected chi connectivity index (χ1v) is 5.99. The van der Waals surface area contributed by atoms with Gasteiger partial charge in [-0.15, -0.1) is 0 Å². The molecule has 0 aliphatic carbocycles. The summed E-state index contributed by atoms with van der Waals surface area (Å²) in [4.78, 5) is 4.95. The monoisotopic (exact) mass is 260 g/mol. The van der Waals surface area contributed by atoms with Crippen molar-refractivity contribution in [3.63, 3.8) is 0 Å². The van der Waals surface area contributed by atoms with Crippen LogP contribution in [0.5, 0.6) is 0 Å². The first-order chi connectivity index (χ1) is 8.61. The number of anilines is 1. The Hall–Kier alpha value is -1.30. The van der Waals surface area contributed by atoms with Gasteiger partial charge in [0.15, 0.2) is 17.5 Å². The largest absolute Gasteiger partial charge is 0.396 e. The number of pyridine rings is 1. The molecule has 18 heavy (non-hydrogen) atoms. The minimum absolute atomic E-state index is 0.0756. The molecule has 0 spiro atoms. The van der Waals surface area contributed by atoms with E-state index in [1.165, 1.54) is 0 Å². The van der Waals surface area contributed by atoms with E-state index in [0.717, 1.165) is 12.8 Å². The van der Waals surface area contributed by atoms with Crippen LogP contribution in [0.1, 0.15) is 19.3 Å². The molecule has 1 aliphatic rings. The van der Waals surface area contributed by atoms with Gasteiger partial charge >= 0.3 is 0 Å². The van der Waals surface area contributed by atoms with Crippen molar-refractivity contribution < 1.29 is 18.3 Å². The molecular formula is C12H15F3N2O. The molecule has 1 N–H and O–H groups in total. The second-order valence-corrected chi connectivity index (χ2v) is 4.53. The number of aliphatic hydroxyl groups excluding tert-OH is 1. The second-order valence-electron chi connectivity index (χ2n) is 4.53. The highest BCUT2D eigenvalue weighted by molar-refractivity contribution is 5.40. The van der Waals surface area contributed by atoms with Crippen LogP contribution in [0.3, 0.4) is 0 Å². The molecule has 1 aliphatic heterocycles. The summed E-state index contributed by atoms with van der Waals surface area (Å²) in [5, 5.41) is 8.89. The Labute approximate surface area is 103 Å². The van der Waals surface area contributed by atoms with Gasteiger partial charge in [0.25, 0.3) is 5.95 Å². The number of hydrogen-bond acceptors (Lipinski definition) is 3. The zero-order valence-corrected chi connectivity index (χ0v) is 9.87. The number of aromatic nitrogens is 1. The van der Waals surface area contributed by atoms with E-state index in [-0.39, 0.29) is 18.3 Å². The van der Waals surface area contributed by atoms with E-state index in [9.17, 15) is 13.2 Å². The summed E-state index contributed by atoms with van der Waals surface area (Å²) in [6, 6.07) is 0.521. The highest BCUT2D eigenvalue weighted by Gasteiger charge is 2.24. The molecule has 0 radical (unpaired) electrons. The maximum absolute atomic E-state index is 13.6. The molecule has 0 amide bonds. The molecule has 6 heteroatoms. The Morgan fingerprint density at radius 1 is 1.33 bits per heavy atom. The van der Waals surface area contributed by atoms with Crippen LogP contribution in [0.2, 0.25) is 0 Å². The second kappa shape index (κ2) is 5.56. The molecule has 1 atom stereocenters. The maximum atomic E-state index is 13.6. The van der Waals surface area contributed by atoms with Gasteiger partial charge in [-0.3, -0.25) is 0 Å². The van der Waals surface area contributed by atoms with Crippen LogP contribution in [0.15, 0.2) is 6.07 Å². The van der Waals surface area contributed by atoms with Gasteiger partial charge in [0.1, 0.15) is 0 Å². The molecule has 100 valence electrons. The topological polar surface area (TPSA) is 36.4 Å². The highest BCUT2D eigenvalue weighted by atomic mass is 19.2. The van der Waals surface area contributed by atoms with E-state index >= 15 is 0 Å². The van der Waals surface area contributed by atoms with Crippen molar-refractivity contribution in [3.8, 4) is 0 Å². The van der Waals surface area contributed by atoms with E-state index in [1.54, 1.807) is 4.90 Å². The van der Waals surface area contributed by atoms with E-state index in [4.69, 9.17) is 5.11 Å². The van der Waals surface area contributed by atoms with E-state index in [1.807, 2.05) is 0 Å². The quantitative estimate of drug-likeness (QED) is 0.845. The predicted octanol–water partition coefficient (Wildman–Crippen LogP) is 2.10. The van der Waals surface area contributed by atoms with Crippen molar-refractivity contribution in [2.24, 2.45) is 5.92 Å². The van der Waals surface area contributed by atoms with Crippen molar-refractivity contribution in [2.45, 2.75) is 19.3 Å². The first-order valence-electron chi connectivity index (χ1n) is 5.99. The molecule has 2 rings (SSSR count). The van der Waals surface area contributed by atoms with Crippen LogP contribution in [0.4, 0.5) is 19.0 Å². The van der Waals surface area contributed by atoms with E-state index in [0.29, 0.717) is 25.6 Å². The van der Waals surface area contributed by atoms with Crippen LogP contribution < -0.4 is 4.90 Å². The molecule has 1 saturated heterocycles. The van der Waals surface area contributed by atoms with Crippen molar-refractivity contribution >= 4 is 5.82 Å². The van der Waals surface area contributed by atoms with Crippen LogP contribution in [0, 0.1) is 23.5 Å². The van der Waals surface area contributed by atoms with Crippen LogP contribution in [-0.4, -0.2) is 29.8 Å². The lowest BCUT2D eigenvalue weighted by Gasteiger charge is -2.33. The predicted molar refractivity (Wildman–Crippen MR) is 60.8 cm³/mol. The minimum Gasteiger partial charge on any atom is -0.396 e. The lowest BCUT2D eigenvalue weighted by Crippen LogP contribution is -2.37. The summed E-state index contributed by atoms with van der Waals surface area (Å²) in [6.45, 7) is 1.15. The Morgan fingerprint density at radius 2 is 2.11 bits per heavy atom. The fraction of sp³-hybridized carbons (Fsp3) is 0.583. The van der Waals surface area contributed by atoms with Gasteiger partial charge in [-0.05, 0) is 25.2 Å². The van der Waals surface area contributed by atoms with Gasteiger partial charge in [-0.25, -0.2) is 8.78 Å². The number of rotatable bonds is 3. The number of hydrogen-bond donors (Lipinski definition) is 1. The fourth-order valence-electron chi connectivity index (χ4n) is 2.33. The standard InChI is InChI=1S/C12H15F3N2O/c13-9-6-10(14)12(16-11(9)15)17-4-1-2-8(7-17)3-5-18/h6,8,18H,1-5,7H2. The molecule has 0 saturated carbocycles. The van der Waals surface area contributed by atoms with Crippen LogP contribution >= 0.6 is 0 Å². The maximum Gasteiger partial charge on any atom is 0.251 e. The zero-order valence-electron chi connectivity index (χ0n) is 9.87. The average molecular weight is 260 g/mol. The third kappa shape index (κ3) is 2.75. The molecule has 1 aromatic rings. The molecule has 1 fully saturated rings. The van der Waals surface area contributed by atoms with Gasteiger partial charge < -0.3 is 10.0 Å². The summed E-state index contributed by atoms with van der Waals surface area (Å²) < 4.78 is 39.4. The Kier molecular flexibility index (Phi) is 4.06. The fourth-order valence-corrected chi connectivity index (χ4v) is 2.33. The number of halogens is 3. The minimum atomic E-state index is -1.28. The lowest BCUT2D eigenvalue weighted by atomic mass is 9.95. The lowest BCUT2D eigenvalue weighted by molar-refractivity contribution is 0.243. The van der Waals surface area contributed by atoms with E-state index < -0.39 is 17.6 Å². The molecular weight excluding hydrogens is 245 g/mol. The average Bonchev–Trinajstić information content (AvgIpc) is 2.34. The smallest absolute Gasteiger partial charge is 0.251 e. The third-order valence-corrected chi connectivity index (χ3v) is 3.22. The van der Waals surface area contributed by atoms with Gasteiger partial charge in [-0.2, -0.15) is 9.37 Å². The number of aliphatic hydroxyl groups is 1. The SMILES string of the molecule is OCCC1CCCN(c2nc(F)c(F)cc2F)C1. The van der Waals surface area contributed by atoms with Gasteiger partial charge in [0, 0.05) is 25.8 Å². The van der Waals surface area contributed by atoms with Gasteiger partial charge in [0.05, 0.1) is 0 Å². The summed E-state index contributed by atoms with van der Waals surface area (Å²) in [7, 11) is 0. The zero-order chi connectivity index (χ0) is 13.1. The molecule has 0 aromatic carbocycles. The van der Waals surface area contributed by atoms with Crippen molar-refractivity contribution in [1.82, 2.24) is 4.98 Å². The number of piperidine rings is 1. The summed E-state index contributed by atoms with van der Waals surface area (Å²) in [6.07, 6.45) is 2.40. The highest BCUT2D eigenvalue weighted by Crippen LogP contribution is 2.26. The third-order valence-electron chi connectivity index (χ3n) is 3.22. The van der Waals surface area contributed by atoms with Crippen LogP contribution in [0.25, 0.3) is 0 Å². The molecule has 2 heterocycles. The van der Waals surface area contributed by atoms with Crippen molar-refractivity contribution in [1.29, 1.82) is 0 Å². The van der Waals surface area contributed by atoms with E-state index in [2.05, 4.69) is 4.98 Å². The van der Waals surface area contributed by atoms with Gasteiger partial charge in [0.2, 0.25) is 0 Å². The molecule has 1 aromatic heterocycles. The Morgan fingerprint density at radius 3 is 2.83 bits per heavy atom. The molecule has 1 unspecified atom stereocenters. The van der Waals surface area contributed by atoms with Crippen molar-refractivity contribution in [2.75, 3.05) is 24.6 Å². The van der Waals surface area contributed by atoms with Gasteiger partial charge in [-0.1, -0.05) is 0 Å². The molecule has 3 nitrogen and oxygen atoms in total.